The van der Waals surface area contributed by atoms with E-state index in [1.54, 1.807) is 24.5 Å². The van der Waals surface area contributed by atoms with Crippen molar-refractivity contribution < 1.29 is 9.47 Å². The summed E-state index contributed by atoms with van der Waals surface area (Å²) in [7, 11) is 1.63. The molecule has 0 atom stereocenters. The van der Waals surface area contributed by atoms with Crippen LogP contribution in [0.2, 0.25) is 5.02 Å². The average molecular weight is 326 g/mol. The maximum Gasteiger partial charge on any atom is 0.166 e. The highest BCUT2D eigenvalue weighted by Crippen LogP contribution is 2.35. The van der Waals surface area contributed by atoms with Crippen LogP contribution in [0.4, 0.5) is 0 Å². The van der Waals surface area contributed by atoms with Gasteiger partial charge in [-0.25, -0.2) is 0 Å². The molecule has 0 bridgehead atoms. The molecule has 5 heteroatoms. The summed E-state index contributed by atoms with van der Waals surface area (Å²) in [5, 5.41) is 6.07. The SMILES string of the molecule is CCCNCc1cc(Cl)cc(OC)c1OCc1cccs1. The second-order valence-corrected chi connectivity index (χ2v) is 6.11. The Labute approximate surface area is 134 Å². The molecule has 2 rings (SSSR count). The molecule has 0 fully saturated rings. The predicted octanol–water partition coefficient (Wildman–Crippen LogP) is 4.49. The Morgan fingerprint density at radius 3 is 2.86 bits per heavy atom. The molecule has 2 aromatic rings. The maximum atomic E-state index is 6.15. The monoisotopic (exact) mass is 325 g/mol. The fraction of sp³-hybridized carbons (Fsp3) is 0.375. The fourth-order valence-corrected chi connectivity index (χ4v) is 2.85. The van der Waals surface area contributed by atoms with Gasteiger partial charge in [0.25, 0.3) is 0 Å². The van der Waals surface area contributed by atoms with Crippen LogP contribution >= 0.6 is 22.9 Å². The number of rotatable bonds is 8. The highest BCUT2D eigenvalue weighted by Gasteiger charge is 2.13. The maximum absolute atomic E-state index is 6.15. The molecule has 3 nitrogen and oxygen atoms in total. The number of ether oxygens (including phenoxy) is 2. The van der Waals surface area contributed by atoms with Crippen molar-refractivity contribution in [3.63, 3.8) is 0 Å². The first kappa shape index (κ1) is 16.1. The Balaban J connectivity index is 2.17. The van der Waals surface area contributed by atoms with Crippen LogP contribution in [0.1, 0.15) is 23.8 Å². The van der Waals surface area contributed by atoms with E-state index in [1.165, 1.54) is 4.88 Å². The molecule has 114 valence electrons. The van der Waals surface area contributed by atoms with Gasteiger partial charge in [0, 0.05) is 28.1 Å². The van der Waals surface area contributed by atoms with Crippen molar-refractivity contribution >= 4 is 22.9 Å². The molecular formula is C16H20ClNO2S. The molecule has 1 aromatic heterocycles. The van der Waals surface area contributed by atoms with Crippen molar-refractivity contribution in [2.45, 2.75) is 26.5 Å². The molecule has 0 radical (unpaired) electrons. The minimum absolute atomic E-state index is 0.538. The molecule has 0 aliphatic carbocycles. The van der Waals surface area contributed by atoms with E-state index < -0.39 is 0 Å². The zero-order chi connectivity index (χ0) is 15.1. The second kappa shape index (κ2) is 8.27. The summed E-state index contributed by atoms with van der Waals surface area (Å²) in [6.07, 6.45) is 1.09. The van der Waals surface area contributed by atoms with E-state index in [1.807, 2.05) is 17.5 Å². The molecule has 0 saturated carbocycles. The van der Waals surface area contributed by atoms with Crippen molar-refractivity contribution in [2.75, 3.05) is 13.7 Å². The summed E-state index contributed by atoms with van der Waals surface area (Å²) >= 11 is 7.83. The molecule has 0 amide bonds. The lowest BCUT2D eigenvalue weighted by molar-refractivity contribution is 0.283. The van der Waals surface area contributed by atoms with Crippen molar-refractivity contribution in [3.05, 3.63) is 45.1 Å². The van der Waals surface area contributed by atoms with Crippen LogP contribution in [0.3, 0.4) is 0 Å². The normalized spacial score (nSPS) is 10.6. The average Bonchev–Trinajstić information content (AvgIpc) is 2.99. The summed E-state index contributed by atoms with van der Waals surface area (Å²) in [6, 6.07) is 7.79. The Kier molecular flexibility index (Phi) is 6.36. The third-order valence-corrected chi connectivity index (χ3v) is 4.07. The molecule has 1 heterocycles. The van der Waals surface area contributed by atoms with E-state index in [4.69, 9.17) is 21.1 Å². The second-order valence-electron chi connectivity index (χ2n) is 4.64. The third kappa shape index (κ3) is 4.63. The molecule has 0 unspecified atom stereocenters. The van der Waals surface area contributed by atoms with Gasteiger partial charge < -0.3 is 14.8 Å². The van der Waals surface area contributed by atoms with Crippen LogP contribution in [-0.2, 0) is 13.2 Å². The van der Waals surface area contributed by atoms with Crippen LogP contribution in [0.5, 0.6) is 11.5 Å². The van der Waals surface area contributed by atoms with Gasteiger partial charge in [0.2, 0.25) is 0 Å². The van der Waals surface area contributed by atoms with Gasteiger partial charge in [-0.15, -0.1) is 11.3 Å². The van der Waals surface area contributed by atoms with Crippen LogP contribution in [0, 0.1) is 0 Å². The van der Waals surface area contributed by atoms with Crippen LogP contribution < -0.4 is 14.8 Å². The summed E-state index contributed by atoms with van der Waals surface area (Å²) in [5.74, 6) is 1.44. The molecule has 0 aliphatic rings. The highest BCUT2D eigenvalue weighted by atomic mass is 35.5. The first-order valence-corrected chi connectivity index (χ1v) is 8.22. The predicted molar refractivity (Wildman–Crippen MR) is 88.7 cm³/mol. The molecule has 1 N–H and O–H groups in total. The lowest BCUT2D eigenvalue weighted by atomic mass is 10.1. The Morgan fingerprint density at radius 2 is 2.19 bits per heavy atom. The topological polar surface area (TPSA) is 30.5 Å². The number of hydrogen-bond acceptors (Lipinski definition) is 4. The molecule has 0 saturated heterocycles. The van der Waals surface area contributed by atoms with Gasteiger partial charge in [-0.1, -0.05) is 24.6 Å². The highest BCUT2D eigenvalue weighted by molar-refractivity contribution is 7.09. The third-order valence-electron chi connectivity index (χ3n) is 3.00. The van der Waals surface area contributed by atoms with Gasteiger partial charge in [0.05, 0.1) is 7.11 Å². The van der Waals surface area contributed by atoms with Crippen LogP contribution in [-0.4, -0.2) is 13.7 Å². The summed E-state index contributed by atoms with van der Waals surface area (Å²) in [4.78, 5) is 1.18. The van der Waals surface area contributed by atoms with E-state index in [9.17, 15) is 0 Å². The van der Waals surface area contributed by atoms with Gasteiger partial charge in [-0.2, -0.15) is 0 Å². The van der Waals surface area contributed by atoms with Crippen molar-refractivity contribution in [1.29, 1.82) is 0 Å². The Hall–Kier alpha value is -1.23. The van der Waals surface area contributed by atoms with Crippen molar-refractivity contribution in [1.82, 2.24) is 5.32 Å². The van der Waals surface area contributed by atoms with E-state index in [0.717, 1.165) is 24.3 Å². The van der Waals surface area contributed by atoms with Crippen LogP contribution in [0.25, 0.3) is 0 Å². The zero-order valence-electron chi connectivity index (χ0n) is 12.3. The number of halogens is 1. The van der Waals surface area contributed by atoms with E-state index in [-0.39, 0.29) is 0 Å². The van der Waals surface area contributed by atoms with Gasteiger partial charge in [0.15, 0.2) is 11.5 Å². The lowest BCUT2D eigenvalue weighted by Gasteiger charge is -2.16. The van der Waals surface area contributed by atoms with Crippen LogP contribution in [0.15, 0.2) is 29.6 Å². The molecule has 1 aromatic carbocycles. The molecular weight excluding hydrogens is 306 g/mol. The number of nitrogens with one attached hydrogen (secondary N) is 1. The molecule has 21 heavy (non-hydrogen) atoms. The largest absolute Gasteiger partial charge is 0.493 e. The quantitative estimate of drug-likeness (QED) is 0.725. The zero-order valence-corrected chi connectivity index (χ0v) is 13.9. The number of methoxy groups -OCH3 is 1. The van der Waals surface area contributed by atoms with E-state index in [2.05, 4.69) is 18.3 Å². The number of hydrogen-bond donors (Lipinski definition) is 1. The van der Waals surface area contributed by atoms with Crippen molar-refractivity contribution in [3.8, 4) is 11.5 Å². The Bertz CT molecular complexity index is 558. The van der Waals surface area contributed by atoms with E-state index >= 15 is 0 Å². The summed E-state index contributed by atoms with van der Waals surface area (Å²) < 4.78 is 11.4. The fourth-order valence-electron chi connectivity index (χ4n) is 2.01. The standard InChI is InChI=1S/C16H20ClNO2S/c1-3-6-18-10-12-8-13(17)9-15(19-2)16(12)20-11-14-5-4-7-21-14/h4-5,7-9,18H,3,6,10-11H2,1-2H3. The Morgan fingerprint density at radius 1 is 1.33 bits per heavy atom. The minimum Gasteiger partial charge on any atom is -0.493 e. The van der Waals surface area contributed by atoms with Gasteiger partial charge in [-0.3, -0.25) is 0 Å². The van der Waals surface area contributed by atoms with Gasteiger partial charge >= 0.3 is 0 Å². The smallest absolute Gasteiger partial charge is 0.166 e. The number of thiophene rings is 1. The molecule has 0 aliphatic heterocycles. The summed E-state index contributed by atoms with van der Waals surface area (Å²) in [6.45, 7) is 4.35. The first-order valence-electron chi connectivity index (χ1n) is 6.97. The molecule has 0 spiro atoms. The van der Waals surface area contributed by atoms with Gasteiger partial charge in [0.1, 0.15) is 6.61 Å². The number of benzene rings is 1. The first-order chi connectivity index (χ1) is 10.2. The minimum atomic E-state index is 0.538. The van der Waals surface area contributed by atoms with Crippen molar-refractivity contribution in [2.24, 2.45) is 0 Å². The van der Waals surface area contributed by atoms with Gasteiger partial charge in [-0.05, 0) is 30.5 Å². The summed E-state index contributed by atoms with van der Waals surface area (Å²) in [5.41, 5.74) is 1.02. The van der Waals surface area contributed by atoms with E-state index in [0.29, 0.717) is 23.9 Å². The lowest BCUT2D eigenvalue weighted by Crippen LogP contribution is -2.15.